The normalized spacial score (nSPS) is 13.9. The first kappa shape index (κ1) is 51.2. The van der Waals surface area contributed by atoms with Crippen LogP contribution in [0.25, 0.3) is 0 Å². The molecule has 0 aliphatic rings. The minimum atomic E-state index is -4.27. The van der Waals surface area contributed by atoms with Gasteiger partial charge in [-0.15, -0.1) is 0 Å². The van der Waals surface area contributed by atoms with Gasteiger partial charge in [-0.05, 0) is 32.1 Å². The zero-order chi connectivity index (χ0) is 38.4. The molecule has 0 aromatic carbocycles. The van der Waals surface area contributed by atoms with Crippen molar-refractivity contribution in [3.05, 3.63) is 12.2 Å². The van der Waals surface area contributed by atoms with Crippen LogP contribution in [0.5, 0.6) is 0 Å². The highest BCUT2D eigenvalue weighted by Gasteiger charge is 2.26. The number of likely N-dealkylation sites (N-methyl/N-ethyl adjacent to an activating group) is 1. The minimum absolute atomic E-state index is 0.0905. The summed E-state index contributed by atoms with van der Waals surface area (Å²) in [5, 5.41) is 0. The Kier molecular flexibility index (Phi) is 36.6. The summed E-state index contributed by atoms with van der Waals surface area (Å²) in [5.74, 6) is -0.312. The van der Waals surface area contributed by atoms with Crippen molar-refractivity contribution in [2.24, 2.45) is 0 Å². The molecule has 0 bridgehead atoms. The maximum Gasteiger partial charge on any atom is 0.472 e. The first-order valence-corrected chi connectivity index (χ1v) is 23.4. The fraction of sp³-hybridized carbons (Fsp3) is 0.930. The number of hydrogen-bond acceptors (Lipinski definition) is 6. The van der Waals surface area contributed by atoms with Crippen LogP contribution in [0.4, 0.5) is 0 Å². The quantitative estimate of drug-likeness (QED) is 0.0218. The second kappa shape index (κ2) is 37.2. The van der Waals surface area contributed by atoms with E-state index in [4.69, 9.17) is 18.5 Å². The first-order valence-electron chi connectivity index (χ1n) is 21.9. The molecule has 52 heavy (non-hydrogen) atoms. The number of carbonyl (C=O) groups excluding carboxylic acids is 1. The second-order valence-electron chi connectivity index (χ2n) is 16.1. The lowest BCUT2D eigenvalue weighted by atomic mass is 10.0. The van der Waals surface area contributed by atoms with Gasteiger partial charge in [-0.2, -0.15) is 0 Å². The molecule has 2 atom stereocenters. The molecule has 1 N–H and O–H groups in total. The summed E-state index contributed by atoms with van der Waals surface area (Å²) in [4.78, 5) is 22.9. The van der Waals surface area contributed by atoms with Gasteiger partial charge >= 0.3 is 13.8 Å². The minimum Gasteiger partial charge on any atom is -0.457 e. The largest absolute Gasteiger partial charge is 0.472 e. The van der Waals surface area contributed by atoms with Crippen LogP contribution in [0, 0.1) is 0 Å². The van der Waals surface area contributed by atoms with Crippen LogP contribution in [-0.4, -0.2) is 75.6 Å². The van der Waals surface area contributed by atoms with Crippen LogP contribution in [-0.2, 0) is 27.9 Å². The van der Waals surface area contributed by atoms with Gasteiger partial charge < -0.3 is 18.9 Å². The molecule has 0 heterocycles. The van der Waals surface area contributed by atoms with E-state index in [1.165, 1.54) is 148 Å². The van der Waals surface area contributed by atoms with Crippen LogP contribution in [0.1, 0.15) is 200 Å². The maximum atomic E-state index is 12.7. The highest BCUT2D eigenvalue weighted by atomic mass is 31.2. The lowest BCUT2D eigenvalue weighted by molar-refractivity contribution is -0.870. The van der Waals surface area contributed by atoms with Crippen molar-refractivity contribution in [3.8, 4) is 0 Å². The smallest absolute Gasteiger partial charge is 0.457 e. The predicted octanol–water partition coefficient (Wildman–Crippen LogP) is 12.7. The Morgan fingerprint density at radius 1 is 0.577 bits per heavy atom. The average Bonchev–Trinajstić information content (AvgIpc) is 3.09. The summed E-state index contributed by atoms with van der Waals surface area (Å²) < 4.78 is 35.0. The molecule has 0 aromatic rings. The highest BCUT2D eigenvalue weighted by Crippen LogP contribution is 2.43. The molecular weight excluding hydrogens is 673 g/mol. The average molecular weight is 761 g/mol. The third-order valence-corrected chi connectivity index (χ3v) is 10.6. The molecule has 0 aliphatic heterocycles. The zero-order valence-corrected chi connectivity index (χ0v) is 36.0. The van der Waals surface area contributed by atoms with Crippen molar-refractivity contribution < 1.29 is 37.3 Å². The summed E-state index contributed by atoms with van der Waals surface area (Å²) in [7, 11) is 1.67. The van der Waals surface area contributed by atoms with E-state index < -0.39 is 13.9 Å². The number of unbranched alkanes of at least 4 members (excludes halogenated alkanes) is 25. The number of quaternary nitrogens is 1. The lowest BCUT2D eigenvalue weighted by Gasteiger charge is -2.24. The molecule has 9 heteroatoms. The molecule has 0 spiro atoms. The first-order chi connectivity index (χ1) is 25.1. The third-order valence-electron chi connectivity index (χ3n) is 9.58. The molecule has 0 fully saturated rings. The number of ether oxygens (including phenoxy) is 2. The van der Waals surface area contributed by atoms with Crippen molar-refractivity contribution in [2.45, 2.75) is 206 Å². The van der Waals surface area contributed by atoms with Gasteiger partial charge in [-0.3, -0.25) is 13.8 Å². The number of esters is 1. The second-order valence-corrected chi connectivity index (χ2v) is 17.5. The molecule has 2 unspecified atom stereocenters. The Balaban J connectivity index is 4.17. The van der Waals surface area contributed by atoms with Crippen molar-refractivity contribution >= 4 is 13.8 Å². The van der Waals surface area contributed by atoms with Gasteiger partial charge in [0.05, 0.1) is 34.4 Å². The van der Waals surface area contributed by atoms with Crippen LogP contribution in [0.15, 0.2) is 12.2 Å². The Hall–Kier alpha value is -0.760. The summed E-state index contributed by atoms with van der Waals surface area (Å²) in [6.07, 6.45) is 39.5. The van der Waals surface area contributed by atoms with E-state index in [2.05, 4.69) is 26.0 Å². The van der Waals surface area contributed by atoms with E-state index in [0.29, 0.717) is 24.1 Å². The number of hydrogen-bond donors (Lipinski definition) is 1. The number of rotatable bonds is 41. The number of allylic oxidation sites excluding steroid dienone is 2. The molecule has 0 amide bonds. The number of phosphoric acid groups is 1. The van der Waals surface area contributed by atoms with Crippen molar-refractivity contribution in [3.63, 3.8) is 0 Å². The predicted molar refractivity (Wildman–Crippen MR) is 220 cm³/mol. The van der Waals surface area contributed by atoms with Gasteiger partial charge in [0.15, 0.2) is 0 Å². The Labute approximate surface area is 322 Å². The molecule has 0 saturated heterocycles. The van der Waals surface area contributed by atoms with Crippen LogP contribution >= 0.6 is 7.82 Å². The number of phosphoric ester groups is 1. The fourth-order valence-electron chi connectivity index (χ4n) is 6.12. The van der Waals surface area contributed by atoms with Crippen LogP contribution in [0.2, 0.25) is 0 Å². The van der Waals surface area contributed by atoms with E-state index in [1.54, 1.807) is 0 Å². The van der Waals surface area contributed by atoms with Crippen molar-refractivity contribution in [1.29, 1.82) is 0 Å². The van der Waals surface area contributed by atoms with Gasteiger partial charge in [0.2, 0.25) is 0 Å². The molecular formula is C43H87NO7P+. The standard InChI is InChI=1S/C43H86NO7P/c1-6-8-10-12-14-16-18-20-21-22-23-24-25-26-28-30-32-34-36-43(45)51-42(41-50-52(46,47)49-39-37-44(3,4)5)40-48-38-35-33-31-29-27-19-17-15-13-11-9-7-2/h13,15,42H,6-12,14,16-41H2,1-5H3/p+1/b15-13-. The molecule has 0 radical (unpaired) electrons. The number of carbonyl (C=O) groups is 1. The monoisotopic (exact) mass is 761 g/mol. The van der Waals surface area contributed by atoms with E-state index in [9.17, 15) is 14.3 Å². The molecule has 0 aromatic heterocycles. The third kappa shape index (κ3) is 40.4. The SMILES string of the molecule is CCCC/C=C\CCCCCCCCOCC(COP(=O)(O)OCC[N+](C)(C)C)OC(=O)CCCCCCCCCCCCCCCCCCCC. The molecule has 0 saturated carbocycles. The van der Waals surface area contributed by atoms with Crippen LogP contribution < -0.4 is 0 Å². The van der Waals surface area contributed by atoms with E-state index in [0.717, 1.165) is 32.1 Å². The molecule has 8 nitrogen and oxygen atoms in total. The lowest BCUT2D eigenvalue weighted by Crippen LogP contribution is -2.37. The zero-order valence-electron chi connectivity index (χ0n) is 35.1. The van der Waals surface area contributed by atoms with Crippen molar-refractivity contribution in [1.82, 2.24) is 0 Å². The van der Waals surface area contributed by atoms with Gasteiger partial charge in [-0.25, -0.2) is 4.57 Å². The van der Waals surface area contributed by atoms with E-state index in [1.807, 2.05) is 21.1 Å². The molecule has 0 rings (SSSR count). The Morgan fingerprint density at radius 2 is 1.02 bits per heavy atom. The maximum absolute atomic E-state index is 12.7. The summed E-state index contributed by atoms with van der Waals surface area (Å²) in [5.41, 5.74) is 0. The van der Waals surface area contributed by atoms with Gasteiger partial charge in [0, 0.05) is 13.0 Å². The Bertz CT molecular complexity index is 848. The summed E-state index contributed by atoms with van der Waals surface area (Å²) >= 11 is 0. The van der Waals surface area contributed by atoms with E-state index in [-0.39, 0.29) is 25.8 Å². The van der Waals surface area contributed by atoms with Gasteiger partial charge in [0.25, 0.3) is 0 Å². The fourth-order valence-corrected chi connectivity index (χ4v) is 6.86. The summed E-state index contributed by atoms with van der Waals surface area (Å²) in [6, 6.07) is 0. The van der Waals surface area contributed by atoms with E-state index >= 15 is 0 Å². The van der Waals surface area contributed by atoms with Crippen LogP contribution in [0.3, 0.4) is 0 Å². The number of nitrogens with zero attached hydrogens (tertiary/aromatic N) is 1. The molecule has 310 valence electrons. The highest BCUT2D eigenvalue weighted by molar-refractivity contribution is 7.47. The molecule has 0 aliphatic carbocycles. The Morgan fingerprint density at radius 3 is 1.52 bits per heavy atom. The van der Waals surface area contributed by atoms with Gasteiger partial charge in [-0.1, -0.05) is 174 Å². The van der Waals surface area contributed by atoms with Gasteiger partial charge in [0.1, 0.15) is 19.3 Å². The summed E-state index contributed by atoms with van der Waals surface area (Å²) in [6.45, 7) is 5.61. The topological polar surface area (TPSA) is 91.3 Å². The van der Waals surface area contributed by atoms with Crippen molar-refractivity contribution in [2.75, 3.05) is 54.1 Å².